The van der Waals surface area contributed by atoms with Crippen molar-refractivity contribution in [2.24, 2.45) is 0 Å². The Balaban J connectivity index is 3.24. The molecule has 0 aliphatic heterocycles. The van der Waals surface area contributed by atoms with Gasteiger partial charge in [-0.2, -0.15) is 0 Å². The molecule has 1 aromatic heterocycles. The number of alkyl halides is 4. The van der Waals surface area contributed by atoms with Crippen LogP contribution in [0.3, 0.4) is 0 Å². The predicted molar refractivity (Wildman–Crippen MR) is 54.3 cm³/mol. The minimum Gasteiger partial charge on any atom is -0.469 e. The molecule has 9 heteroatoms. The molecule has 0 unspecified atom stereocenters. The van der Waals surface area contributed by atoms with E-state index in [1.165, 1.54) is 0 Å². The Morgan fingerprint density at radius 1 is 1.42 bits per heavy atom. The molecule has 1 N–H and O–H groups in total. The van der Waals surface area contributed by atoms with Crippen molar-refractivity contribution in [2.75, 3.05) is 7.11 Å². The number of nitrogens with one attached hydrogen (secondary N) is 1. The van der Waals surface area contributed by atoms with Crippen molar-refractivity contribution < 1.29 is 31.8 Å². The van der Waals surface area contributed by atoms with Crippen molar-refractivity contribution in [1.29, 1.82) is 0 Å². The first-order valence-corrected chi connectivity index (χ1v) is 4.90. The number of hydrogen-bond donors (Lipinski definition) is 1. The van der Waals surface area contributed by atoms with Crippen LogP contribution in [0.25, 0.3) is 0 Å². The zero-order chi connectivity index (χ0) is 14.6. The number of carbonyl (C=O) groups excluding carboxylic acids is 1. The molecule has 1 heterocycles. The largest absolute Gasteiger partial charge is 0.574 e. The van der Waals surface area contributed by atoms with Gasteiger partial charge in [-0.05, 0) is 5.56 Å². The predicted octanol–water partition coefficient (Wildman–Crippen LogP) is 1.46. The number of H-pyrrole nitrogens is 1. The molecule has 0 atom stereocenters. The van der Waals surface area contributed by atoms with E-state index < -0.39 is 42.4 Å². The van der Waals surface area contributed by atoms with Gasteiger partial charge in [-0.3, -0.25) is 14.6 Å². The van der Waals surface area contributed by atoms with Gasteiger partial charge in [-0.25, -0.2) is 4.39 Å². The molecule has 0 bridgehead atoms. The van der Waals surface area contributed by atoms with E-state index in [0.29, 0.717) is 0 Å². The van der Waals surface area contributed by atoms with Crippen molar-refractivity contribution in [3.8, 4) is 5.88 Å². The molecule has 0 fully saturated rings. The number of halogens is 4. The summed E-state index contributed by atoms with van der Waals surface area (Å²) in [7, 11) is 1.05. The third-order valence-corrected chi connectivity index (χ3v) is 2.12. The molecule has 0 aliphatic carbocycles. The standard InChI is InChI=1S/C10H9F4NO4/c1-18-8(17)3-5-2-7(16)15-9(6(5)4-11)19-10(12,13)14/h2H,3-4H2,1H3,(H,15,16). The zero-order valence-electron chi connectivity index (χ0n) is 9.64. The number of ether oxygens (including phenoxy) is 2. The average Bonchev–Trinajstić information content (AvgIpc) is 2.26. The summed E-state index contributed by atoms with van der Waals surface area (Å²) in [5.41, 5.74) is -1.73. The van der Waals surface area contributed by atoms with Crippen LogP contribution in [-0.2, 0) is 22.6 Å². The molecule has 0 amide bonds. The molecule has 1 aromatic rings. The summed E-state index contributed by atoms with van der Waals surface area (Å²) in [5.74, 6) is -1.89. The molecule has 0 spiro atoms. The summed E-state index contributed by atoms with van der Waals surface area (Å²) in [6.07, 6.45) is -5.62. The van der Waals surface area contributed by atoms with E-state index >= 15 is 0 Å². The fourth-order valence-electron chi connectivity index (χ4n) is 1.35. The highest BCUT2D eigenvalue weighted by molar-refractivity contribution is 5.73. The molecule has 0 aliphatic rings. The Kier molecular flexibility index (Phi) is 4.52. The quantitative estimate of drug-likeness (QED) is 0.671. The Bertz CT molecular complexity index is 523. The number of rotatable bonds is 4. The zero-order valence-corrected chi connectivity index (χ0v) is 9.64. The van der Waals surface area contributed by atoms with Crippen LogP contribution in [0.1, 0.15) is 11.1 Å². The first-order chi connectivity index (χ1) is 8.76. The van der Waals surface area contributed by atoms with Crippen LogP contribution < -0.4 is 10.3 Å². The number of aromatic amines is 1. The number of pyridine rings is 1. The van der Waals surface area contributed by atoms with Gasteiger partial charge in [-0.15, -0.1) is 13.2 Å². The van der Waals surface area contributed by atoms with Gasteiger partial charge in [0.2, 0.25) is 5.88 Å². The molecule has 1 rings (SSSR count). The number of methoxy groups -OCH3 is 1. The van der Waals surface area contributed by atoms with Crippen molar-refractivity contribution in [2.45, 2.75) is 19.5 Å². The van der Waals surface area contributed by atoms with E-state index in [4.69, 9.17) is 0 Å². The first-order valence-electron chi connectivity index (χ1n) is 4.90. The van der Waals surface area contributed by atoms with Crippen LogP contribution >= 0.6 is 0 Å². The number of aromatic nitrogens is 1. The summed E-state index contributed by atoms with van der Waals surface area (Å²) < 4.78 is 56.9. The van der Waals surface area contributed by atoms with E-state index in [9.17, 15) is 27.2 Å². The Hall–Kier alpha value is -2.06. The van der Waals surface area contributed by atoms with E-state index in [0.717, 1.165) is 13.2 Å². The Morgan fingerprint density at radius 2 is 2.05 bits per heavy atom. The summed E-state index contributed by atoms with van der Waals surface area (Å²) in [4.78, 5) is 23.9. The first kappa shape index (κ1) is 15.0. The molecular formula is C10H9F4NO4. The van der Waals surface area contributed by atoms with Gasteiger partial charge in [-0.1, -0.05) is 0 Å². The van der Waals surface area contributed by atoms with Gasteiger partial charge in [0.25, 0.3) is 5.56 Å². The average molecular weight is 283 g/mol. The summed E-state index contributed by atoms with van der Waals surface area (Å²) in [5, 5.41) is 0. The highest BCUT2D eigenvalue weighted by Gasteiger charge is 2.33. The van der Waals surface area contributed by atoms with Gasteiger partial charge >= 0.3 is 12.3 Å². The molecule has 0 saturated heterocycles. The van der Waals surface area contributed by atoms with Crippen LogP contribution in [0.2, 0.25) is 0 Å². The van der Waals surface area contributed by atoms with E-state index in [1.54, 1.807) is 4.98 Å². The van der Waals surface area contributed by atoms with E-state index in [2.05, 4.69) is 9.47 Å². The van der Waals surface area contributed by atoms with Crippen LogP contribution in [-0.4, -0.2) is 24.4 Å². The number of carbonyl (C=O) groups is 1. The lowest BCUT2D eigenvalue weighted by Gasteiger charge is -2.13. The maximum Gasteiger partial charge on any atom is 0.574 e. The van der Waals surface area contributed by atoms with Crippen molar-refractivity contribution >= 4 is 5.97 Å². The monoisotopic (exact) mass is 283 g/mol. The van der Waals surface area contributed by atoms with Gasteiger partial charge in [0.15, 0.2) is 0 Å². The molecule has 0 radical (unpaired) electrons. The van der Waals surface area contributed by atoms with Gasteiger partial charge < -0.3 is 9.47 Å². The third-order valence-electron chi connectivity index (χ3n) is 2.12. The summed E-state index contributed by atoms with van der Waals surface area (Å²) >= 11 is 0. The van der Waals surface area contributed by atoms with E-state index in [1.807, 2.05) is 0 Å². The van der Waals surface area contributed by atoms with Crippen molar-refractivity contribution in [3.05, 3.63) is 27.5 Å². The minimum atomic E-state index is -5.09. The molecule has 0 aromatic carbocycles. The highest BCUT2D eigenvalue weighted by atomic mass is 19.4. The second kappa shape index (κ2) is 5.72. The second-order valence-corrected chi connectivity index (χ2v) is 3.40. The SMILES string of the molecule is COC(=O)Cc1cc(=O)[nH]c(OC(F)(F)F)c1CF. The fraction of sp³-hybridized carbons (Fsp3) is 0.400. The lowest BCUT2D eigenvalue weighted by atomic mass is 10.1. The highest BCUT2D eigenvalue weighted by Crippen LogP contribution is 2.26. The van der Waals surface area contributed by atoms with Crippen molar-refractivity contribution in [3.63, 3.8) is 0 Å². The number of esters is 1. The van der Waals surface area contributed by atoms with Crippen molar-refractivity contribution in [1.82, 2.24) is 4.98 Å². The Morgan fingerprint density at radius 3 is 2.53 bits per heavy atom. The van der Waals surface area contributed by atoms with Crippen LogP contribution in [0.5, 0.6) is 5.88 Å². The summed E-state index contributed by atoms with van der Waals surface area (Å²) in [6.45, 7) is -1.34. The molecule has 5 nitrogen and oxygen atoms in total. The van der Waals surface area contributed by atoms with Crippen LogP contribution in [0.4, 0.5) is 17.6 Å². The third kappa shape index (κ3) is 4.27. The molecule has 106 valence electrons. The van der Waals surface area contributed by atoms with Gasteiger partial charge in [0, 0.05) is 11.6 Å². The number of hydrogen-bond acceptors (Lipinski definition) is 4. The topological polar surface area (TPSA) is 68.4 Å². The van der Waals surface area contributed by atoms with Gasteiger partial charge in [0.1, 0.15) is 6.67 Å². The normalized spacial score (nSPS) is 11.2. The van der Waals surface area contributed by atoms with E-state index in [-0.39, 0.29) is 5.56 Å². The lowest BCUT2D eigenvalue weighted by Crippen LogP contribution is -2.23. The minimum absolute atomic E-state index is 0.225. The molecule has 0 saturated carbocycles. The summed E-state index contributed by atoms with van der Waals surface area (Å²) in [6, 6.07) is 0.815. The Labute approximate surface area is 104 Å². The van der Waals surface area contributed by atoms with Crippen LogP contribution in [0, 0.1) is 0 Å². The fourth-order valence-corrected chi connectivity index (χ4v) is 1.35. The maximum absolute atomic E-state index is 12.8. The lowest BCUT2D eigenvalue weighted by molar-refractivity contribution is -0.276. The molecule has 19 heavy (non-hydrogen) atoms. The van der Waals surface area contributed by atoms with Crippen LogP contribution in [0.15, 0.2) is 10.9 Å². The van der Waals surface area contributed by atoms with Gasteiger partial charge in [0.05, 0.1) is 13.5 Å². The molecular weight excluding hydrogens is 274 g/mol. The maximum atomic E-state index is 12.8. The smallest absolute Gasteiger partial charge is 0.469 e. The second-order valence-electron chi connectivity index (χ2n) is 3.40.